The van der Waals surface area contributed by atoms with Crippen molar-refractivity contribution < 1.29 is 0 Å². The first-order valence-corrected chi connectivity index (χ1v) is 6.42. The van der Waals surface area contributed by atoms with Crippen molar-refractivity contribution in [1.29, 1.82) is 0 Å². The van der Waals surface area contributed by atoms with Gasteiger partial charge in [0, 0.05) is 12.6 Å². The van der Waals surface area contributed by atoms with E-state index in [9.17, 15) is 0 Å². The van der Waals surface area contributed by atoms with Crippen LogP contribution in [0.3, 0.4) is 0 Å². The molecule has 2 unspecified atom stereocenters. The molecule has 0 amide bonds. The summed E-state index contributed by atoms with van der Waals surface area (Å²) >= 11 is 0. The van der Waals surface area contributed by atoms with Crippen molar-refractivity contribution in [3.63, 3.8) is 0 Å². The fourth-order valence-electron chi connectivity index (χ4n) is 3.13. The van der Waals surface area contributed by atoms with Gasteiger partial charge in [-0.3, -0.25) is 0 Å². The van der Waals surface area contributed by atoms with Gasteiger partial charge in [-0.2, -0.15) is 0 Å². The standard InChI is InChI=1S/C12H25N3/c1-15-8-2-3-11(9-15)12(13)10-4-6-14-7-5-10/h10-12,14H,2-9,13H2,1H3. The van der Waals surface area contributed by atoms with Crippen molar-refractivity contribution in [3.05, 3.63) is 0 Å². The second-order valence-electron chi connectivity index (χ2n) is 5.33. The van der Waals surface area contributed by atoms with E-state index in [-0.39, 0.29) is 0 Å². The Bertz CT molecular complexity index is 189. The zero-order valence-corrected chi connectivity index (χ0v) is 9.91. The Balaban J connectivity index is 1.85. The Labute approximate surface area is 93.4 Å². The summed E-state index contributed by atoms with van der Waals surface area (Å²) in [6, 6.07) is 0.440. The monoisotopic (exact) mass is 211 g/mol. The van der Waals surface area contributed by atoms with Crippen molar-refractivity contribution in [3.8, 4) is 0 Å². The number of piperidine rings is 2. The van der Waals surface area contributed by atoms with Crippen LogP contribution in [-0.4, -0.2) is 44.2 Å². The summed E-state index contributed by atoms with van der Waals surface area (Å²) < 4.78 is 0. The summed E-state index contributed by atoms with van der Waals surface area (Å²) in [6.07, 6.45) is 5.23. The van der Waals surface area contributed by atoms with E-state index in [1.54, 1.807) is 0 Å². The van der Waals surface area contributed by atoms with Crippen LogP contribution in [0.25, 0.3) is 0 Å². The summed E-state index contributed by atoms with van der Waals surface area (Å²) in [5, 5.41) is 3.42. The first kappa shape index (κ1) is 11.4. The minimum atomic E-state index is 0.440. The van der Waals surface area contributed by atoms with E-state index in [0.717, 1.165) is 11.8 Å². The van der Waals surface area contributed by atoms with E-state index in [0.29, 0.717) is 6.04 Å². The van der Waals surface area contributed by atoms with Gasteiger partial charge in [0.25, 0.3) is 0 Å². The summed E-state index contributed by atoms with van der Waals surface area (Å²) in [5.41, 5.74) is 6.43. The molecule has 2 atom stereocenters. The highest BCUT2D eigenvalue weighted by atomic mass is 15.1. The van der Waals surface area contributed by atoms with Gasteiger partial charge >= 0.3 is 0 Å². The zero-order valence-electron chi connectivity index (χ0n) is 9.91. The lowest BCUT2D eigenvalue weighted by atomic mass is 9.80. The van der Waals surface area contributed by atoms with Crippen LogP contribution in [0.1, 0.15) is 25.7 Å². The Kier molecular flexibility index (Phi) is 4.00. The number of nitrogens with zero attached hydrogens (tertiary/aromatic N) is 1. The first-order chi connectivity index (χ1) is 7.27. The second kappa shape index (κ2) is 5.28. The Morgan fingerprint density at radius 3 is 2.60 bits per heavy atom. The van der Waals surface area contributed by atoms with E-state index in [2.05, 4.69) is 17.3 Å². The number of rotatable bonds is 2. The number of nitrogens with two attached hydrogens (primary N) is 1. The van der Waals surface area contributed by atoms with Gasteiger partial charge in [-0.15, -0.1) is 0 Å². The van der Waals surface area contributed by atoms with Crippen LogP contribution in [0.15, 0.2) is 0 Å². The molecule has 0 aliphatic carbocycles. The molecule has 2 rings (SSSR count). The van der Waals surface area contributed by atoms with Gasteiger partial charge in [-0.05, 0) is 64.2 Å². The zero-order chi connectivity index (χ0) is 10.7. The third-order valence-electron chi connectivity index (χ3n) is 4.13. The molecule has 0 spiro atoms. The molecule has 2 saturated heterocycles. The predicted octanol–water partition coefficient (Wildman–Crippen LogP) is 0.655. The Morgan fingerprint density at radius 1 is 1.20 bits per heavy atom. The summed E-state index contributed by atoms with van der Waals surface area (Å²) in [7, 11) is 2.22. The quantitative estimate of drug-likeness (QED) is 0.705. The maximum Gasteiger partial charge on any atom is 0.0109 e. The van der Waals surface area contributed by atoms with E-state index in [1.807, 2.05) is 0 Å². The average Bonchev–Trinajstić information content (AvgIpc) is 2.29. The smallest absolute Gasteiger partial charge is 0.0109 e. The molecule has 2 aliphatic heterocycles. The van der Waals surface area contributed by atoms with Crippen molar-refractivity contribution >= 4 is 0 Å². The SMILES string of the molecule is CN1CCCC(C(N)C2CCNCC2)C1. The molecule has 0 saturated carbocycles. The van der Waals surface area contributed by atoms with E-state index in [1.165, 1.54) is 51.9 Å². The highest BCUT2D eigenvalue weighted by molar-refractivity contribution is 4.86. The molecular weight excluding hydrogens is 186 g/mol. The number of likely N-dealkylation sites (tertiary alicyclic amines) is 1. The molecule has 0 aromatic heterocycles. The van der Waals surface area contributed by atoms with Crippen LogP contribution in [0.2, 0.25) is 0 Å². The average molecular weight is 211 g/mol. The summed E-state index contributed by atoms with van der Waals surface area (Å²) in [5.74, 6) is 1.51. The molecule has 2 fully saturated rings. The number of hydrogen-bond donors (Lipinski definition) is 2. The second-order valence-corrected chi connectivity index (χ2v) is 5.33. The molecular formula is C12H25N3. The maximum absolute atomic E-state index is 6.43. The molecule has 2 aliphatic rings. The number of hydrogen-bond acceptors (Lipinski definition) is 3. The molecule has 3 N–H and O–H groups in total. The number of nitrogens with one attached hydrogen (secondary N) is 1. The fourth-order valence-corrected chi connectivity index (χ4v) is 3.13. The van der Waals surface area contributed by atoms with Crippen molar-refractivity contribution in [2.24, 2.45) is 17.6 Å². The van der Waals surface area contributed by atoms with Crippen LogP contribution in [0, 0.1) is 11.8 Å². The molecule has 15 heavy (non-hydrogen) atoms. The molecule has 0 aromatic rings. The van der Waals surface area contributed by atoms with Crippen molar-refractivity contribution in [1.82, 2.24) is 10.2 Å². The molecule has 88 valence electrons. The van der Waals surface area contributed by atoms with Gasteiger partial charge in [0.05, 0.1) is 0 Å². The first-order valence-electron chi connectivity index (χ1n) is 6.42. The van der Waals surface area contributed by atoms with Crippen LogP contribution < -0.4 is 11.1 Å². The topological polar surface area (TPSA) is 41.3 Å². The molecule has 3 nitrogen and oxygen atoms in total. The molecule has 0 bridgehead atoms. The van der Waals surface area contributed by atoms with Gasteiger partial charge in [-0.1, -0.05) is 0 Å². The van der Waals surface area contributed by atoms with Crippen molar-refractivity contribution in [2.75, 3.05) is 33.2 Å². The van der Waals surface area contributed by atoms with Crippen LogP contribution in [0.4, 0.5) is 0 Å². The van der Waals surface area contributed by atoms with Crippen molar-refractivity contribution in [2.45, 2.75) is 31.7 Å². The summed E-state index contributed by atoms with van der Waals surface area (Å²) in [4.78, 5) is 2.44. The predicted molar refractivity (Wildman–Crippen MR) is 63.8 cm³/mol. The molecule has 3 heteroatoms. The van der Waals surface area contributed by atoms with Gasteiger partial charge in [0.1, 0.15) is 0 Å². The Hall–Kier alpha value is -0.120. The highest BCUT2D eigenvalue weighted by Gasteiger charge is 2.29. The van der Waals surface area contributed by atoms with Crippen LogP contribution in [0.5, 0.6) is 0 Å². The normalized spacial score (nSPS) is 32.8. The van der Waals surface area contributed by atoms with E-state index in [4.69, 9.17) is 5.73 Å². The van der Waals surface area contributed by atoms with E-state index >= 15 is 0 Å². The molecule has 2 heterocycles. The molecule has 0 aromatic carbocycles. The third-order valence-corrected chi connectivity index (χ3v) is 4.13. The lowest BCUT2D eigenvalue weighted by Crippen LogP contribution is -2.48. The Morgan fingerprint density at radius 2 is 1.93 bits per heavy atom. The van der Waals surface area contributed by atoms with Crippen LogP contribution >= 0.6 is 0 Å². The van der Waals surface area contributed by atoms with Gasteiger partial charge in [0.2, 0.25) is 0 Å². The minimum Gasteiger partial charge on any atom is -0.327 e. The van der Waals surface area contributed by atoms with Gasteiger partial charge in [-0.25, -0.2) is 0 Å². The maximum atomic E-state index is 6.43. The largest absolute Gasteiger partial charge is 0.327 e. The van der Waals surface area contributed by atoms with Gasteiger partial charge < -0.3 is 16.0 Å². The van der Waals surface area contributed by atoms with Gasteiger partial charge in [0.15, 0.2) is 0 Å². The lowest BCUT2D eigenvalue weighted by molar-refractivity contribution is 0.150. The van der Waals surface area contributed by atoms with E-state index < -0.39 is 0 Å². The summed E-state index contributed by atoms with van der Waals surface area (Å²) in [6.45, 7) is 4.81. The third kappa shape index (κ3) is 2.92. The lowest BCUT2D eigenvalue weighted by Gasteiger charge is -2.38. The highest BCUT2D eigenvalue weighted by Crippen LogP contribution is 2.26. The van der Waals surface area contributed by atoms with Crippen LogP contribution in [-0.2, 0) is 0 Å². The fraction of sp³-hybridized carbons (Fsp3) is 1.00. The molecule has 0 radical (unpaired) electrons. The minimum absolute atomic E-state index is 0.440.